The number of hydrogen-bond acceptors (Lipinski definition) is 11. The van der Waals surface area contributed by atoms with Crippen LogP contribution < -0.4 is 0 Å². The second-order valence-electron chi connectivity index (χ2n) is 3.40. The van der Waals surface area contributed by atoms with E-state index in [1.54, 1.807) is 0 Å². The molecule has 16 heteroatoms. The highest BCUT2D eigenvalue weighted by molar-refractivity contribution is 5.59. The van der Waals surface area contributed by atoms with Crippen LogP contribution in [0.5, 0.6) is 0 Å². The molecular formula is C6H7FN4O11. The Labute approximate surface area is 118 Å². The van der Waals surface area contributed by atoms with Crippen molar-refractivity contribution in [2.45, 2.75) is 18.5 Å². The summed E-state index contributed by atoms with van der Waals surface area (Å²) in [7, 11) is 0. The number of hydrogen-bond donors (Lipinski definition) is 0. The summed E-state index contributed by atoms with van der Waals surface area (Å²) in [5, 5.41) is 42.5. The quantitative estimate of drug-likeness (QED) is 0.183. The van der Waals surface area contributed by atoms with Crippen LogP contribution in [0.2, 0.25) is 0 Å². The average molecular weight is 330 g/mol. The molecule has 0 saturated heterocycles. The Balaban J connectivity index is 6.06. The predicted molar refractivity (Wildman–Crippen MR) is 57.5 cm³/mol. The predicted octanol–water partition coefficient (Wildman–Crippen LogP) is -0.414. The van der Waals surface area contributed by atoms with Crippen molar-refractivity contribution >= 4 is 6.16 Å². The molecule has 0 amide bonds. The maximum Gasteiger partial charge on any atom is 0.762 e. The van der Waals surface area contributed by atoms with Crippen LogP contribution in [-0.4, -0.2) is 50.6 Å². The number of rotatable bonds is 8. The van der Waals surface area contributed by atoms with Gasteiger partial charge in [-0.25, -0.2) is 4.79 Å². The number of carbonyl (C=O) groups is 1. The first kappa shape index (κ1) is 18.8. The summed E-state index contributed by atoms with van der Waals surface area (Å²) >= 11 is 0. The van der Waals surface area contributed by atoms with E-state index in [1.165, 1.54) is 6.92 Å². The Morgan fingerprint density at radius 2 is 1.36 bits per heavy atom. The Morgan fingerprint density at radius 3 is 1.64 bits per heavy atom. The van der Waals surface area contributed by atoms with Gasteiger partial charge in [-0.2, -0.15) is 0 Å². The average Bonchev–Trinajstić information content (AvgIpc) is 2.37. The van der Waals surface area contributed by atoms with Crippen LogP contribution in [0.15, 0.2) is 0 Å². The minimum absolute atomic E-state index is 0.353. The van der Waals surface area contributed by atoms with Gasteiger partial charge in [0.15, 0.2) is 0 Å². The van der Waals surface area contributed by atoms with Gasteiger partial charge in [0.05, 0.1) is 6.61 Å². The minimum Gasteiger partial charge on any atom is -0.435 e. The summed E-state index contributed by atoms with van der Waals surface area (Å²) in [6.45, 7) is -1.36. The summed E-state index contributed by atoms with van der Waals surface area (Å²) in [4.78, 5) is 44.0. The molecule has 0 aliphatic heterocycles. The third-order valence-corrected chi connectivity index (χ3v) is 2.25. The Hall–Kier alpha value is -3.20. The first-order chi connectivity index (χ1) is 9.98. The van der Waals surface area contributed by atoms with Gasteiger partial charge in [-0.05, 0) is 6.92 Å². The van der Waals surface area contributed by atoms with Crippen molar-refractivity contribution in [2.24, 2.45) is 0 Å². The second-order valence-corrected chi connectivity index (χ2v) is 3.40. The van der Waals surface area contributed by atoms with Crippen LogP contribution in [0.3, 0.4) is 0 Å². The topological polar surface area (TPSA) is 208 Å². The monoisotopic (exact) mass is 330 g/mol. The van der Waals surface area contributed by atoms with E-state index in [1.807, 2.05) is 0 Å². The first-order valence-corrected chi connectivity index (χ1v) is 5.04. The van der Waals surface area contributed by atoms with Crippen LogP contribution in [0, 0.1) is 40.5 Å². The molecule has 0 rings (SSSR count). The van der Waals surface area contributed by atoms with Gasteiger partial charge in [-0.1, -0.05) is 4.39 Å². The van der Waals surface area contributed by atoms with Crippen molar-refractivity contribution in [3.8, 4) is 0 Å². The van der Waals surface area contributed by atoms with E-state index in [0.29, 0.717) is 0 Å². The van der Waals surface area contributed by atoms with Gasteiger partial charge >= 0.3 is 17.7 Å². The van der Waals surface area contributed by atoms with Crippen molar-refractivity contribution < 1.29 is 38.4 Å². The number of nitro groups is 4. The molecule has 0 aromatic rings. The van der Waals surface area contributed by atoms with E-state index in [-0.39, 0.29) is 6.61 Å². The maximum absolute atomic E-state index is 14.0. The summed E-state index contributed by atoms with van der Waals surface area (Å²) in [5.74, 6) is -5.40. The fourth-order valence-corrected chi connectivity index (χ4v) is 1.17. The van der Waals surface area contributed by atoms with Crippen molar-refractivity contribution in [2.75, 3.05) is 13.2 Å². The largest absolute Gasteiger partial charge is 0.762 e. The van der Waals surface area contributed by atoms with Crippen LogP contribution in [0.1, 0.15) is 6.92 Å². The van der Waals surface area contributed by atoms with Gasteiger partial charge < -0.3 is 9.47 Å². The van der Waals surface area contributed by atoms with Crippen molar-refractivity contribution in [1.82, 2.24) is 0 Å². The fraction of sp³-hybridized carbons (Fsp3) is 0.833. The van der Waals surface area contributed by atoms with Crippen LogP contribution in [-0.2, 0) is 9.47 Å². The highest BCUT2D eigenvalue weighted by Gasteiger charge is 2.95. The van der Waals surface area contributed by atoms with E-state index < -0.39 is 44.0 Å². The van der Waals surface area contributed by atoms with Gasteiger partial charge in [-0.15, -0.1) is 0 Å². The molecule has 0 N–H and O–H groups in total. The van der Waals surface area contributed by atoms with Gasteiger partial charge in [0.1, 0.15) is 19.7 Å². The summed E-state index contributed by atoms with van der Waals surface area (Å²) in [6, 6.07) is 0. The van der Waals surface area contributed by atoms with Gasteiger partial charge in [0.2, 0.25) is 0 Å². The summed E-state index contributed by atoms with van der Waals surface area (Å²) in [5.41, 5.74) is -4.72. The lowest BCUT2D eigenvalue weighted by Gasteiger charge is -2.17. The van der Waals surface area contributed by atoms with Gasteiger partial charge in [0, 0.05) is 0 Å². The lowest BCUT2D eigenvalue weighted by atomic mass is 10.1. The summed E-state index contributed by atoms with van der Waals surface area (Å²) < 4.78 is 21.9. The van der Waals surface area contributed by atoms with Crippen molar-refractivity contribution in [3.63, 3.8) is 0 Å². The van der Waals surface area contributed by atoms with E-state index in [4.69, 9.17) is 0 Å². The fourth-order valence-electron chi connectivity index (χ4n) is 1.17. The summed E-state index contributed by atoms with van der Waals surface area (Å²) in [6.07, 6.45) is -1.77. The molecule has 0 aliphatic carbocycles. The minimum atomic E-state index is -5.40. The number of carbonyl (C=O) groups excluding carboxylic acids is 1. The molecule has 0 radical (unpaired) electrons. The Kier molecular flexibility index (Phi) is 5.56. The van der Waals surface area contributed by atoms with Crippen molar-refractivity contribution in [3.05, 3.63) is 40.5 Å². The molecule has 15 nitrogen and oxygen atoms in total. The third-order valence-electron chi connectivity index (χ3n) is 2.25. The lowest BCUT2D eigenvalue weighted by molar-refractivity contribution is -0.959. The second kappa shape index (κ2) is 6.50. The van der Waals surface area contributed by atoms with Gasteiger partial charge in [0.25, 0.3) is 6.61 Å². The Morgan fingerprint density at radius 1 is 0.955 bits per heavy atom. The lowest BCUT2D eigenvalue weighted by Crippen LogP contribution is -2.71. The highest BCUT2D eigenvalue weighted by Crippen LogP contribution is 2.32. The van der Waals surface area contributed by atoms with Gasteiger partial charge in [-0.3, -0.25) is 40.5 Å². The Bertz CT molecular complexity index is 493. The van der Waals surface area contributed by atoms with E-state index in [9.17, 15) is 49.6 Å². The standard InChI is InChI=1S/C6H7FN4O11/c1-2-21-4(12)22-3-5(8(13)14,9(15)16)6(7,10(17)18)11(19)20/h2-3H2,1H3. The molecule has 0 atom stereocenters. The van der Waals surface area contributed by atoms with Crippen LogP contribution in [0.4, 0.5) is 9.18 Å². The van der Waals surface area contributed by atoms with E-state index in [0.717, 1.165) is 0 Å². The van der Waals surface area contributed by atoms with Crippen LogP contribution >= 0.6 is 0 Å². The molecule has 0 unspecified atom stereocenters. The molecule has 0 bridgehead atoms. The number of alkyl halides is 1. The highest BCUT2D eigenvalue weighted by atomic mass is 19.2. The zero-order chi connectivity index (χ0) is 17.7. The maximum atomic E-state index is 14.0. The zero-order valence-corrected chi connectivity index (χ0v) is 10.6. The normalized spacial score (nSPS) is 11.4. The van der Waals surface area contributed by atoms with Crippen LogP contribution in [0.25, 0.3) is 0 Å². The number of halogens is 1. The van der Waals surface area contributed by atoms with E-state index in [2.05, 4.69) is 9.47 Å². The molecule has 124 valence electrons. The molecule has 0 aromatic carbocycles. The molecule has 22 heavy (non-hydrogen) atoms. The number of ether oxygens (including phenoxy) is 2. The SMILES string of the molecule is CCOC(=O)OCC([N+](=O)[O-])([N+](=O)[O-])C(F)([N+](=O)[O-])[N+](=O)[O-]. The first-order valence-electron chi connectivity index (χ1n) is 5.04. The molecule has 0 fully saturated rings. The third kappa shape index (κ3) is 2.79. The molecular weight excluding hydrogens is 323 g/mol. The van der Waals surface area contributed by atoms with Crippen molar-refractivity contribution in [1.29, 1.82) is 0 Å². The molecule has 0 aliphatic rings. The number of nitrogens with zero attached hydrogens (tertiary/aromatic N) is 4. The molecule has 0 saturated carbocycles. The smallest absolute Gasteiger partial charge is 0.435 e. The molecule has 0 spiro atoms. The molecule has 0 aromatic heterocycles. The zero-order valence-electron chi connectivity index (χ0n) is 10.6. The molecule has 0 heterocycles. The van der Waals surface area contributed by atoms with E-state index >= 15 is 0 Å².